The van der Waals surface area contributed by atoms with Crippen LogP contribution in [0.2, 0.25) is 0 Å². The molecule has 3 aliphatic rings. The zero-order valence-electron chi connectivity index (χ0n) is 11.6. The van der Waals surface area contributed by atoms with Gasteiger partial charge in [0.1, 0.15) is 0 Å². The maximum Gasteiger partial charge on any atom is 0.274 e. The van der Waals surface area contributed by atoms with Crippen LogP contribution in [0.15, 0.2) is 30.4 Å². The summed E-state index contributed by atoms with van der Waals surface area (Å²) < 4.78 is 5.56. The number of hydrogen-bond acceptors (Lipinski definition) is 5. The molecule has 0 unspecified atom stereocenters. The topological polar surface area (TPSA) is 89.8 Å². The zero-order chi connectivity index (χ0) is 15.6. The Morgan fingerprint density at radius 2 is 1.73 bits per heavy atom. The van der Waals surface area contributed by atoms with E-state index in [1.165, 1.54) is 6.07 Å². The molecule has 0 aromatic heterocycles. The number of benzene rings is 1. The second-order valence-electron chi connectivity index (χ2n) is 5.74. The molecule has 0 spiro atoms. The first-order valence-electron chi connectivity index (χ1n) is 6.95. The number of hydrogen-bond donors (Lipinski definition) is 0. The number of nitrogens with zero attached hydrogens (tertiary/aromatic N) is 2. The van der Waals surface area contributed by atoms with Crippen LogP contribution in [0.5, 0.6) is 0 Å². The van der Waals surface area contributed by atoms with Gasteiger partial charge in [-0.05, 0) is 13.0 Å². The number of aryl methyl sites for hydroxylation is 1. The number of nitro groups is 1. The van der Waals surface area contributed by atoms with Gasteiger partial charge in [0.05, 0.1) is 34.7 Å². The lowest BCUT2D eigenvalue weighted by Gasteiger charge is -2.17. The van der Waals surface area contributed by atoms with Gasteiger partial charge in [0.15, 0.2) is 0 Å². The van der Waals surface area contributed by atoms with E-state index in [1.54, 1.807) is 31.2 Å². The number of fused-ring (bicyclic) bond motifs is 5. The van der Waals surface area contributed by atoms with Gasteiger partial charge in [-0.3, -0.25) is 19.7 Å². The highest BCUT2D eigenvalue weighted by atomic mass is 16.6. The molecule has 2 bridgehead atoms. The quantitative estimate of drug-likeness (QED) is 0.356. The van der Waals surface area contributed by atoms with Crippen molar-refractivity contribution < 1.29 is 19.2 Å². The predicted octanol–water partition coefficient (Wildman–Crippen LogP) is 1.35. The molecular weight excluding hydrogens is 288 g/mol. The summed E-state index contributed by atoms with van der Waals surface area (Å²) >= 11 is 0. The van der Waals surface area contributed by atoms with Crippen molar-refractivity contribution in [1.82, 2.24) is 0 Å². The Balaban J connectivity index is 1.76. The Morgan fingerprint density at radius 3 is 2.27 bits per heavy atom. The molecule has 1 aromatic rings. The molecule has 2 amide bonds. The van der Waals surface area contributed by atoms with Gasteiger partial charge in [0, 0.05) is 11.6 Å². The second-order valence-corrected chi connectivity index (χ2v) is 5.74. The standard InChI is InChI=1S/C15H12N2O5/c1-7-2-3-8(6-9(7)17(20)21)16-14(18)12-10-4-5-11(22-10)13(12)15(16)19/h2-6,10-13H,1H3/t10-,11-,12-,13+/m0/s1. The highest BCUT2D eigenvalue weighted by Crippen LogP contribution is 2.46. The summed E-state index contributed by atoms with van der Waals surface area (Å²) in [6.07, 6.45) is 2.88. The van der Waals surface area contributed by atoms with Crippen LogP contribution in [0.1, 0.15) is 5.56 Å². The number of anilines is 1. The third-order valence-corrected chi connectivity index (χ3v) is 4.56. The molecule has 112 valence electrons. The van der Waals surface area contributed by atoms with Gasteiger partial charge in [-0.15, -0.1) is 0 Å². The van der Waals surface area contributed by atoms with Crippen molar-refractivity contribution in [3.63, 3.8) is 0 Å². The summed E-state index contributed by atoms with van der Waals surface area (Å²) in [6, 6.07) is 4.39. The summed E-state index contributed by atoms with van der Waals surface area (Å²) in [7, 11) is 0. The molecule has 0 saturated carbocycles. The smallest absolute Gasteiger partial charge is 0.274 e. The molecule has 2 saturated heterocycles. The lowest BCUT2D eigenvalue weighted by Crippen LogP contribution is -2.34. The van der Waals surface area contributed by atoms with E-state index < -0.39 is 16.8 Å². The largest absolute Gasteiger partial charge is 0.365 e. The van der Waals surface area contributed by atoms with Crippen molar-refractivity contribution in [2.75, 3.05) is 4.90 Å². The fourth-order valence-corrected chi connectivity index (χ4v) is 3.49. The number of imide groups is 1. The molecule has 3 aliphatic heterocycles. The second kappa shape index (κ2) is 4.23. The number of carbonyl (C=O) groups is 2. The Kier molecular flexibility index (Phi) is 2.53. The third kappa shape index (κ3) is 1.54. The van der Waals surface area contributed by atoms with Crippen LogP contribution in [0.25, 0.3) is 0 Å². The minimum absolute atomic E-state index is 0.104. The van der Waals surface area contributed by atoms with Crippen LogP contribution in [0, 0.1) is 28.9 Å². The van der Waals surface area contributed by atoms with Crippen LogP contribution in [0.3, 0.4) is 0 Å². The van der Waals surface area contributed by atoms with E-state index in [1.807, 2.05) is 0 Å². The van der Waals surface area contributed by atoms with E-state index in [9.17, 15) is 19.7 Å². The van der Waals surface area contributed by atoms with Crippen molar-refractivity contribution in [2.24, 2.45) is 11.8 Å². The minimum atomic E-state index is -0.515. The summed E-state index contributed by atoms with van der Waals surface area (Å²) in [4.78, 5) is 36.8. The summed E-state index contributed by atoms with van der Waals surface area (Å²) in [6.45, 7) is 1.61. The van der Waals surface area contributed by atoms with E-state index in [-0.39, 0.29) is 35.4 Å². The molecule has 0 radical (unpaired) electrons. The monoisotopic (exact) mass is 300 g/mol. The van der Waals surface area contributed by atoms with Crippen molar-refractivity contribution in [3.05, 3.63) is 46.0 Å². The molecule has 1 aromatic carbocycles. The van der Waals surface area contributed by atoms with Gasteiger partial charge in [-0.25, -0.2) is 4.90 Å². The van der Waals surface area contributed by atoms with Crippen molar-refractivity contribution >= 4 is 23.2 Å². The molecule has 3 heterocycles. The van der Waals surface area contributed by atoms with Crippen LogP contribution >= 0.6 is 0 Å². The SMILES string of the molecule is Cc1ccc(N2C(=O)[C@@H]3[C@H](C2=O)[C@@H]2C=C[C@@H]3O2)cc1[N+](=O)[O-]. The fraction of sp³-hybridized carbons (Fsp3) is 0.333. The number of amides is 2. The number of ether oxygens (including phenoxy) is 1. The Hall–Kier alpha value is -2.54. The molecule has 22 heavy (non-hydrogen) atoms. The van der Waals surface area contributed by atoms with Crippen LogP contribution in [0.4, 0.5) is 11.4 Å². The van der Waals surface area contributed by atoms with E-state index in [0.29, 0.717) is 5.56 Å². The molecule has 2 fully saturated rings. The third-order valence-electron chi connectivity index (χ3n) is 4.56. The van der Waals surface area contributed by atoms with Gasteiger partial charge in [0.25, 0.3) is 5.69 Å². The maximum absolute atomic E-state index is 12.6. The van der Waals surface area contributed by atoms with Gasteiger partial charge < -0.3 is 4.74 Å². The number of rotatable bonds is 2. The van der Waals surface area contributed by atoms with Gasteiger partial charge in [0.2, 0.25) is 11.8 Å². The summed E-state index contributed by atoms with van der Waals surface area (Å²) in [5.74, 6) is -1.71. The molecule has 0 N–H and O–H groups in total. The molecule has 7 nitrogen and oxygen atoms in total. The molecule has 4 atom stereocenters. The Labute approximate surface area is 125 Å². The van der Waals surface area contributed by atoms with Gasteiger partial charge >= 0.3 is 0 Å². The molecule has 0 aliphatic carbocycles. The average molecular weight is 300 g/mol. The molecule has 7 heteroatoms. The first-order valence-corrected chi connectivity index (χ1v) is 6.95. The minimum Gasteiger partial charge on any atom is -0.365 e. The maximum atomic E-state index is 12.6. The molecular formula is C15H12N2O5. The Morgan fingerprint density at radius 1 is 1.14 bits per heavy atom. The predicted molar refractivity (Wildman–Crippen MR) is 75.1 cm³/mol. The Bertz CT molecular complexity index is 726. The average Bonchev–Trinajstić information content (AvgIpc) is 3.14. The summed E-state index contributed by atoms with van der Waals surface area (Å²) in [5, 5.41) is 11.0. The first kappa shape index (κ1) is 13.1. The normalized spacial score (nSPS) is 32.0. The van der Waals surface area contributed by atoms with Crippen LogP contribution in [-0.4, -0.2) is 28.9 Å². The van der Waals surface area contributed by atoms with E-state index >= 15 is 0 Å². The van der Waals surface area contributed by atoms with Crippen LogP contribution < -0.4 is 4.90 Å². The summed E-state index contributed by atoms with van der Waals surface area (Å²) in [5.41, 5.74) is 0.631. The van der Waals surface area contributed by atoms with Crippen molar-refractivity contribution in [2.45, 2.75) is 19.1 Å². The molecule has 4 rings (SSSR count). The first-order chi connectivity index (χ1) is 10.5. The van der Waals surface area contributed by atoms with Crippen molar-refractivity contribution in [1.29, 1.82) is 0 Å². The van der Waals surface area contributed by atoms with E-state index in [2.05, 4.69) is 0 Å². The number of carbonyl (C=O) groups excluding carboxylic acids is 2. The van der Waals surface area contributed by atoms with Gasteiger partial charge in [-0.1, -0.05) is 18.2 Å². The lowest BCUT2D eigenvalue weighted by molar-refractivity contribution is -0.385. The fourth-order valence-electron chi connectivity index (χ4n) is 3.49. The van der Waals surface area contributed by atoms with Gasteiger partial charge in [-0.2, -0.15) is 0 Å². The zero-order valence-corrected chi connectivity index (χ0v) is 11.6. The van der Waals surface area contributed by atoms with Crippen LogP contribution in [-0.2, 0) is 14.3 Å². The number of nitro benzene ring substituents is 1. The lowest BCUT2D eigenvalue weighted by atomic mass is 9.85. The van der Waals surface area contributed by atoms with Crippen molar-refractivity contribution in [3.8, 4) is 0 Å². The van der Waals surface area contributed by atoms with E-state index in [4.69, 9.17) is 4.74 Å². The highest BCUT2D eigenvalue weighted by Gasteiger charge is 2.61. The highest BCUT2D eigenvalue weighted by molar-refractivity contribution is 6.23. The van der Waals surface area contributed by atoms with E-state index in [0.717, 1.165) is 4.90 Å².